The number of benzene rings is 1. The highest BCUT2D eigenvalue weighted by molar-refractivity contribution is 9.10. The van der Waals surface area contributed by atoms with Gasteiger partial charge in [0.15, 0.2) is 0 Å². The highest BCUT2D eigenvalue weighted by Crippen LogP contribution is 2.33. The fourth-order valence-electron chi connectivity index (χ4n) is 1.41. The fourth-order valence-corrected chi connectivity index (χ4v) is 3.07. The van der Waals surface area contributed by atoms with Crippen LogP contribution in [0.25, 0.3) is 0 Å². The normalized spacial score (nSPS) is 11.4. The number of ketones is 1. The SMILES string of the molecule is O=C(c1ccc(OC(F)(F)F)cc1)c1cc(Br)c(Cl)s1. The summed E-state index contributed by atoms with van der Waals surface area (Å²) in [5.74, 6) is -0.694. The van der Waals surface area contributed by atoms with Crippen molar-refractivity contribution in [3.63, 3.8) is 0 Å². The van der Waals surface area contributed by atoms with Crippen LogP contribution in [-0.4, -0.2) is 12.1 Å². The summed E-state index contributed by atoms with van der Waals surface area (Å²) in [5.41, 5.74) is 0.255. The monoisotopic (exact) mass is 384 g/mol. The van der Waals surface area contributed by atoms with E-state index in [1.807, 2.05) is 0 Å². The van der Waals surface area contributed by atoms with Crippen molar-refractivity contribution < 1.29 is 22.7 Å². The molecule has 2 rings (SSSR count). The number of alkyl halides is 3. The Balaban J connectivity index is 2.19. The van der Waals surface area contributed by atoms with Crippen LogP contribution in [-0.2, 0) is 0 Å². The third kappa shape index (κ3) is 3.74. The number of hydrogen-bond acceptors (Lipinski definition) is 3. The van der Waals surface area contributed by atoms with Crippen LogP contribution in [0.3, 0.4) is 0 Å². The van der Waals surface area contributed by atoms with Gasteiger partial charge >= 0.3 is 6.36 Å². The lowest BCUT2D eigenvalue weighted by atomic mass is 10.1. The Morgan fingerprint density at radius 1 is 1.25 bits per heavy atom. The van der Waals surface area contributed by atoms with Gasteiger partial charge in [-0.3, -0.25) is 4.79 Å². The Bertz CT molecular complexity index is 618. The number of ether oxygens (including phenoxy) is 1. The predicted octanol–water partition coefficient (Wildman–Crippen LogP) is 5.29. The van der Waals surface area contributed by atoms with Crippen molar-refractivity contribution in [2.24, 2.45) is 0 Å². The van der Waals surface area contributed by atoms with Crippen LogP contribution >= 0.6 is 38.9 Å². The zero-order valence-electron chi connectivity index (χ0n) is 9.50. The summed E-state index contributed by atoms with van der Waals surface area (Å²) in [6.45, 7) is 0. The van der Waals surface area contributed by atoms with Crippen LogP contribution in [0.15, 0.2) is 34.8 Å². The number of rotatable bonds is 3. The van der Waals surface area contributed by atoms with Gasteiger partial charge in [0.25, 0.3) is 0 Å². The maximum absolute atomic E-state index is 12.1. The van der Waals surface area contributed by atoms with E-state index < -0.39 is 6.36 Å². The highest BCUT2D eigenvalue weighted by atomic mass is 79.9. The minimum Gasteiger partial charge on any atom is -0.406 e. The van der Waals surface area contributed by atoms with Gasteiger partial charge in [0.05, 0.1) is 4.88 Å². The van der Waals surface area contributed by atoms with Crippen LogP contribution in [0, 0.1) is 0 Å². The van der Waals surface area contributed by atoms with Gasteiger partial charge in [0.2, 0.25) is 5.78 Å². The molecule has 0 unspecified atom stereocenters. The molecule has 0 saturated heterocycles. The molecule has 2 nitrogen and oxygen atoms in total. The molecule has 0 aliphatic carbocycles. The number of thiophene rings is 1. The van der Waals surface area contributed by atoms with Gasteiger partial charge < -0.3 is 4.74 Å². The summed E-state index contributed by atoms with van der Waals surface area (Å²) in [6, 6.07) is 6.28. The first-order valence-electron chi connectivity index (χ1n) is 5.11. The Morgan fingerprint density at radius 3 is 2.30 bits per heavy atom. The lowest BCUT2D eigenvalue weighted by Crippen LogP contribution is -2.17. The Hall–Kier alpha value is -1.05. The summed E-state index contributed by atoms with van der Waals surface area (Å²) in [6.07, 6.45) is -4.75. The number of hydrogen-bond donors (Lipinski definition) is 0. The molecular formula is C12H5BrClF3O2S. The van der Waals surface area contributed by atoms with Crippen molar-refractivity contribution in [2.75, 3.05) is 0 Å². The summed E-state index contributed by atoms with van der Waals surface area (Å²) in [5, 5.41) is 0. The third-order valence-electron chi connectivity index (χ3n) is 2.22. The predicted molar refractivity (Wildman–Crippen MR) is 73.6 cm³/mol. The summed E-state index contributed by atoms with van der Waals surface area (Å²) < 4.78 is 40.8. The van der Waals surface area contributed by atoms with Gasteiger partial charge in [-0.2, -0.15) is 0 Å². The first kappa shape index (κ1) is 15.3. The second-order valence-corrected chi connectivity index (χ2v) is 6.14. The maximum atomic E-state index is 12.1. The molecule has 1 aromatic carbocycles. The minimum absolute atomic E-state index is 0.255. The van der Waals surface area contributed by atoms with Gasteiger partial charge in [0.1, 0.15) is 10.1 Å². The fraction of sp³-hybridized carbons (Fsp3) is 0.0833. The van der Waals surface area contributed by atoms with Crippen LogP contribution in [0.1, 0.15) is 15.2 Å². The average molecular weight is 386 g/mol. The van der Waals surface area contributed by atoms with Gasteiger partial charge in [-0.15, -0.1) is 24.5 Å². The Morgan fingerprint density at radius 2 is 1.85 bits per heavy atom. The smallest absolute Gasteiger partial charge is 0.406 e. The lowest BCUT2D eigenvalue weighted by Gasteiger charge is -2.08. The number of carbonyl (C=O) groups excluding carboxylic acids is 1. The zero-order chi connectivity index (χ0) is 14.9. The van der Waals surface area contributed by atoms with Crippen LogP contribution in [0.4, 0.5) is 13.2 Å². The Kier molecular flexibility index (Phi) is 4.41. The topological polar surface area (TPSA) is 26.3 Å². The molecule has 0 aliphatic rings. The summed E-state index contributed by atoms with van der Waals surface area (Å²) >= 11 is 10.1. The van der Waals surface area contributed by atoms with E-state index in [0.717, 1.165) is 23.5 Å². The molecule has 0 fully saturated rings. The molecule has 0 amide bonds. The molecule has 0 spiro atoms. The van der Waals surface area contributed by atoms with E-state index in [4.69, 9.17) is 11.6 Å². The maximum Gasteiger partial charge on any atom is 0.573 e. The van der Waals surface area contributed by atoms with E-state index in [9.17, 15) is 18.0 Å². The molecule has 0 aliphatic heterocycles. The molecule has 0 bridgehead atoms. The lowest BCUT2D eigenvalue weighted by molar-refractivity contribution is -0.274. The van der Waals surface area contributed by atoms with E-state index >= 15 is 0 Å². The molecule has 20 heavy (non-hydrogen) atoms. The van der Waals surface area contributed by atoms with Crippen molar-refractivity contribution >= 4 is 44.7 Å². The Labute approximate surface area is 129 Å². The van der Waals surface area contributed by atoms with Gasteiger partial charge in [-0.1, -0.05) is 11.6 Å². The van der Waals surface area contributed by atoms with Gasteiger partial charge in [0, 0.05) is 10.0 Å². The zero-order valence-corrected chi connectivity index (χ0v) is 12.7. The number of carbonyl (C=O) groups is 1. The summed E-state index contributed by atoms with van der Waals surface area (Å²) in [7, 11) is 0. The first-order chi connectivity index (χ1) is 9.26. The molecule has 1 aromatic heterocycles. The van der Waals surface area contributed by atoms with Crippen molar-refractivity contribution in [1.29, 1.82) is 0 Å². The van der Waals surface area contributed by atoms with E-state index in [0.29, 0.717) is 13.7 Å². The van der Waals surface area contributed by atoms with Gasteiger partial charge in [-0.25, -0.2) is 0 Å². The molecule has 106 valence electrons. The minimum atomic E-state index is -4.75. The van der Waals surface area contributed by atoms with Crippen LogP contribution < -0.4 is 4.74 Å². The van der Waals surface area contributed by atoms with Crippen LogP contribution in [0.5, 0.6) is 5.75 Å². The molecule has 1 heterocycles. The largest absolute Gasteiger partial charge is 0.573 e. The molecule has 8 heteroatoms. The first-order valence-corrected chi connectivity index (χ1v) is 7.10. The third-order valence-corrected chi connectivity index (χ3v) is 4.69. The number of halogens is 5. The van der Waals surface area contributed by atoms with Crippen molar-refractivity contribution in [3.8, 4) is 5.75 Å². The highest BCUT2D eigenvalue weighted by Gasteiger charge is 2.31. The quantitative estimate of drug-likeness (QED) is 0.671. The standard InChI is InChI=1S/C12H5BrClF3O2S/c13-8-5-9(20-11(8)14)10(18)6-1-3-7(4-2-6)19-12(15,16)17/h1-5H. The van der Waals surface area contributed by atoms with Crippen LogP contribution in [0.2, 0.25) is 4.34 Å². The molecule has 0 atom stereocenters. The molecule has 0 saturated carbocycles. The van der Waals surface area contributed by atoms with E-state index in [2.05, 4.69) is 20.7 Å². The molecule has 0 radical (unpaired) electrons. The summed E-state index contributed by atoms with van der Waals surface area (Å²) in [4.78, 5) is 12.5. The second-order valence-electron chi connectivity index (χ2n) is 3.63. The van der Waals surface area contributed by atoms with Crippen molar-refractivity contribution in [1.82, 2.24) is 0 Å². The van der Waals surface area contributed by atoms with Gasteiger partial charge in [-0.05, 0) is 46.3 Å². The second kappa shape index (κ2) is 5.75. The molecule has 0 N–H and O–H groups in total. The van der Waals surface area contributed by atoms with E-state index in [1.54, 1.807) is 6.07 Å². The van der Waals surface area contributed by atoms with Crippen molar-refractivity contribution in [2.45, 2.75) is 6.36 Å². The molecule has 2 aromatic rings. The molecular weight excluding hydrogens is 381 g/mol. The van der Waals surface area contributed by atoms with E-state index in [-0.39, 0.29) is 17.1 Å². The average Bonchev–Trinajstić information content (AvgIpc) is 2.68. The van der Waals surface area contributed by atoms with Crippen molar-refractivity contribution in [3.05, 3.63) is 49.6 Å². The van der Waals surface area contributed by atoms with E-state index in [1.165, 1.54) is 12.1 Å².